The minimum absolute atomic E-state index is 0.289. The molecule has 0 saturated heterocycles. The summed E-state index contributed by atoms with van der Waals surface area (Å²) in [5, 5.41) is 14.5. The fraction of sp³-hybridized carbons (Fsp3) is 0.0526. The Morgan fingerprint density at radius 2 is 1.69 bits per heavy atom. The van der Waals surface area contributed by atoms with Gasteiger partial charge < -0.3 is 10.6 Å². The van der Waals surface area contributed by atoms with Crippen molar-refractivity contribution in [1.29, 1.82) is 5.26 Å². The Morgan fingerprint density at radius 3 is 2.31 bits per heavy atom. The molecule has 0 spiro atoms. The third-order valence-corrected chi connectivity index (χ3v) is 3.55. The van der Waals surface area contributed by atoms with Crippen LogP contribution in [0.2, 0.25) is 0 Å². The lowest BCUT2D eigenvalue weighted by atomic mass is 10.2. The number of aromatic nitrogens is 2. The molecule has 26 heavy (non-hydrogen) atoms. The molecule has 6 nitrogen and oxygen atoms in total. The van der Waals surface area contributed by atoms with Crippen molar-refractivity contribution in [3.63, 3.8) is 0 Å². The van der Waals surface area contributed by atoms with E-state index in [1.165, 1.54) is 24.5 Å². The lowest BCUT2D eigenvalue weighted by Gasteiger charge is -2.07. The molecule has 0 aliphatic carbocycles. The summed E-state index contributed by atoms with van der Waals surface area (Å²) < 4.78 is 12.9. The number of nitrogens with one attached hydrogen (secondary N) is 2. The second-order valence-electron chi connectivity index (χ2n) is 5.42. The van der Waals surface area contributed by atoms with Crippen molar-refractivity contribution in [1.82, 2.24) is 9.97 Å². The maximum absolute atomic E-state index is 12.9. The summed E-state index contributed by atoms with van der Waals surface area (Å²) in [4.78, 5) is 20.4. The summed E-state index contributed by atoms with van der Waals surface area (Å²) in [5.41, 5.74) is 2.29. The van der Waals surface area contributed by atoms with Crippen molar-refractivity contribution < 1.29 is 9.18 Å². The molecule has 3 aromatic rings. The van der Waals surface area contributed by atoms with Crippen molar-refractivity contribution in [2.75, 3.05) is 10.6 Å². The number of carbonyl (C=O) groups excluding carboxylic acids is 1. The molecule has 3 rings (SSSR count). The van der Waals surface area contributed by atoms with Crippen molar-refractivity contribution >= 4 is 17.5 Å². The van der Waals surface area contributed by atoms with Gasteiger partial charge in [0.2, 0.25) is 5.95 Å². The lowest BCUT2D eigenvalue weighted by Crippen LogP contribution is -2.13. The van der Waals surface area contributed by atoms with Gasteiger partial charge in [-0.25, -0.2) is 14.4 Å². The Balaban J connectivity index is 1.58. The van der Waals surface area contributed by atoms with E-state index in [-0.39, 0.29) is 11.7 Å². The minimum Gasteiger partial charge on any atom is -0.350 e. The number of halogens is 1. The Labute approximate surface area is 149 Å². The van der Waals surface area contributed by atoms with E-state index in [9.17, 15) is 9.18 Å². The first-order valence-corrected chi connectivity index (χ1v) is 7.76. The number of benzene rings is 2. The van der Waals surface area contributed by atoms with Crippen LogP contribution in [-0.2, 0) is 6.54 Å². The summed E-state index contributed by atoms with van der Waals surface area (Å²) >= 11 is 0. The van der Waals surface area contributed by atoms with Crippen molar-refractivity contribution in [2.45, 2.75) is 6.54 Å². The molecular weight excluding hydrogens is 333 g/mol. The zero-order chi connectivity index (χ0) is 18.4. The van der Waals surface area contributed by atoms with Gasteiger partial charge in [-0.1, -0.05) is 12.1 Å². The smallest absolute Gasteiger partial charge is 0.258 e. The highest BCUT2D eigenvalue weighted by atomic mass is 19.1. The molecule has 0 atom stereocenters. The molecular formula is C19H14FN5O. The Bertz CT molecular complexity index is 932. The minimum atomic E-state index is -0.347. The van der Waals surface area contributed by atoms with Crippen molar-refractivity contribution in [3.8, 4) is 6.07 Å². The van der Waals surface area contributed by atoms with Gasteiger partial charge in [0.1, 0.15) is 5.82 Å². The number of nitrogens with zero attached hydrogens (tertiary/aromatic N) is 3. The molecule has 2 aromatic carbocycles. The third kappa shape index (κ3) is 4.39. The van der Waals surface area contributed by atoms with Crippen molar-refractivity contribution in [3.05, 3.63) is 83.4 Å². The van der Waals surface area contributed by atoms with Gasteiger partial charge in [-0.15, -0.1) is 0 Å². The zero-order valence-electron chi connectivity index (χ0n) is 13.6. The lowest BCUT2D eigenvalue weighted by molar-refractivity contribution is 0.102. The Hall–Kier alpha value is -3.79. The molecule has 0 aliphatic heterocycles. The normalized spacial score (nSPS) is 10.0. The van der Waals surface area contributed by atoms with Crippen molar-refractivity contribution in [2.24, 2.45) is 0 Å². The number of hydrogen-bond donors (Lipinski definition) is 2. The second kappa shape index (κ2) is 7.85. The van der Waals surface area contributed by atoms with E-state index in [1.807, 2.05) is 6.07 Å². The summed E-state index contributed by atoms with van der Waals surface area (Å²) in [6.45, 7) is 0.442. The molecule has 1 amide bonds. The highest BCUT2D eigenvalue weighted by molar-refractivity contribution is 6.03. The van der Waals surface area contributed by atoms with Gasteiger partial charge in [-0.2, -0.15) is 5.26 Å². The van der Waals surface area contributed by atoms with Crippen LogP contribution in [0.1, 0.15) is 21.5 Å². The second-order valence-corrected chi connectivity index (χ2v) is 5.42. The van der Waals surface area contributed by atoms with E-state index in [0.29, 0.717) is 29.3 Å². The molecule has 0 fully saturated rings. The highest BCUT2D eigenvalue weighted by Gasteiger charge is 2.08. The van der Waals surface area contributed by atoms with E-state index in [0.717, 1.165) is 5.56 Å². The molecule has 1 aromatic heterocycles. The average Bonchev–Trinajstić information content (AvgIpc) is 2.68. The topological polar surface area (TPSA) is 90.7 Å². The molecule has 0 saturated carbocycles. The fourth-order valence-electron chi connectivity index (χ4n) is 2.15. The van der Waals surface area contributed by atoms with Gasteiger partial charge in [0.05, 0.1) is 17.2 Å². The zero-order valence-corrected chi connectivity index (χ0v) is 13.6. The molecule has 0 bridgehead atoms. The number of rotatable bonds is 5. The van der Waals surface area contributed by atoms with Crippen LogP contribution in [0.25, 0.3) is 0 Å². The summed E-state index contributed by atoms with van der Waals surface area (Å²) in [6.07, 6.45) is 2.83. The van der Waals surface area contributed by atoms with Crippen LogP contribution in [0, 0.1) is 17.1 Å². The molecule has 0 aliphatic rings. The summed E-state index contributed by atoms with van der Waals surface area (Å²) in [7, 11) is 0. The average molecular weight is 347 g/mol. The van der Waals surface area contributed by atoms with Crippen LogP contribution in [0.5, 0.6) is 0 Å². The quantitative estimate of drug-likeness (QED) is 0.738. The largest absolute Gasteiger partial charge is 0.350 e. The first-order chi connectivity index (χ1) is 12.6. The van der Waals surface area contributed by atoms with Gasteiger partial charge >= 0.3 is 0 Å². The number of nitriles is 1. The van der Waals surface area contributed by atoms with Gasteiger partial charge in [0, 0.05) is 24.6 Å². The van der Waals surface area contributed by atoms with Crippen LogP contribution in [0.4, 0.5) is 16.0 Å². The molecule has 0 unspecified atom stereocenters. The molecule has 128 valence electrons. The first kappa shape index (κ1) is 17.0. The number of anilines is 2. The Morgan fingerprint density at radius 1 is 1.04 bits per heavy atom. The first-order valence-electron chi connectivity index (χ1n) is 7.76. The fourth-order valence-corrected chi connectivity index (χ4v) is 2.15. The molecule has 7 heteroatoms. The Kier molecular flexibility index (Phi) is 5.15. The maximum Gasteiger partial charge on any atom is 0.258 e. The number of carbonyl (C=O) groups is 1. The van der Waals surface area contributed by atoms with E-state index < -0.39 is 0 Å². The third-order valence-electron chi connectivity index (χ3n) is 3.55. The van der Waals surface area contributed by atoms with Gasteiger partial charge in [-0.3, -0.25) is 4.79 Å². The van der Waals surface area contributed by atoms with Gasteiger partial charge in [0.25, 0.3) is 5.91 Å². The molecule has 2 N–H and O–H groups in total. The summed E-state index contributed by atoms with van der Waals surface area (Å²) in [5.74, 6) is -0.272. The predicted octanol–water partition coefficient (Wildman–Crippen LogP) is 3.35. The highest BCUT2D eigenvalue weighted by Crippen LogP contribution is 2.11. The summed E-state index contributed by atoms with van der Waals surface area (Å²) in [6, 6.07) is 14.7. The maximum atomic E-state index is 12.9. The molecule has 0 radical (unpaired) electrons. The van der Waals surface area contributed by atoms with Crippen LogP contribution < -0.4 is 10.6 Å². The van der Waals surface area contributed by atoms with Gasteiger partial charge in [-0.05, 0) is 42.0 Å². The predicted molar refractivity (Wildman–Crippen MR) is 94.9 cm³/mol. The van der Waals surface area contributed by atoms with E-state index in [4.69, 9.17) is 5.26 Å². The van der Waals surface area contributed by atoms with Crippen LogP contribution in [0.15, 0.2) is 60.9 Å². The number of amides is 1. The SMILES string of the molecule is N#Cc1ccc(NC(=O)c2cnc(NCc3ccc(F)cc3)nc2)cc1. The van der Waals surface area contributed by atoms with E-state index in [1.54, 1.807) is 36.4 Å². The van der Waals surface area contributed by atoms with Gasteiger partial charge in [0.15, 0.2) is 0 Å². The standard InChI is InChI=1S/C19H14FN5O/c20-16-5-1-14(2-6-16)10-22-19-23-11-15(12-24-19)18(26)25-17-7-3-13(9-21)4-8-17/h1-8,11-12H,10H2,(H,25,26)(H,22,23,24). The van der Waals surface area contributed by atoms with E-state index >= 15 is 0 Å². The van der Waals surface area contributed by atoms with E-state index in [2.05, 4.69) is 20.6 Å². The van der Waals surface area contributed by atoms with Crippen LogP contribution in [-0.4, -0.2) is 15.9 Å². The monoisotopic (exact) mass is 347 g/mol. The number of hydrogen-bond acceptors (Lipinski definition) is 5. The van der Waals surface area contributed by atoms with Crippen LogP contribution >= 0.6 is 0 Å². The van der Waals surface area contributed by atoms with Crippen LogP contribution in [0.3, 0.4) is 0 Å². The molecule has 1 heterocycles.